The van der Waals surface area contributed by atoms with Crippen molar-refractivity contribution in [3.8, 4) is 17.2 Å². The number of hydrogen-bond acceptors (Lipinski definition) is 5. The molecule has 2 aromatic carbocycles. The van der Waals surface area contributed by atoms with Gasteiger partial charge in [0.2, 0.25) is 0 Å². The van der Waals surface area contributed by atoms with Gasteiger partial charge in [-0.1, -0.05) is 11.6 Å². The molecule has 0 N–H and O–H groups in total. The van der Waals surface area contributed by atoms with E-state index in [-0.39, 0.29) is 21.4 Å². The van der Waals surface area contributed by atoms with Crippen LogP contribution >= 0.6 is 11.6 Å². The normalized spacial score (nSPS) is 11.0. The minimum absolute atomic E-state index is 0.113. The van der Waals surface area contributed by atoms with Gasteiger partial charge in [0, 0.05) is 5.02 Å². The Morgan fingerprint density at radius 1 is 1.05 bits per heavy atom. The molecule has 0 amide bonds. The van der Waals surface area contributed by atoms with Crippen molar-refractivity contribution in [1.29, 1.82) is 0 Å². The predicted molar refractivity (Wildman–Crippen MR) is 83.4 cm³/mol. The van der Waals surface area contributed by atoms with Gasteiger partial charge < -0.3 is 13.7 Å². The Balaban J connectivity index is 2.35. The van der Waals surface area contributed by atoms with Crippen LogP contribution in [0.25, 0.3) is 0 Å². The second kappa shape index (κ2) is 6.89. The molecule has 0 radical (unpaired) electrons. The van der Waals surface area contributed by atoms with E-state index in [4.69, 9.17) is 25.3 Å². The molecule has 0 bridgehead atoms. The molecule has 22 heavy (non-hydrogen) atoms. The van der Waals surface area contributed by atoms with Gasteiger partial charge >= 0.3 is 10.1 Å². The summed E-state index contributed by atoms with van der Waals surface area (Å²) in [5.74, 6) is 0.964. The fraction of sp³-hybridized carbons (Fsp3) is 0.200. The van der Waals surface area contributed by atoms with E-state index in [1.54, 1.807) is 25.1 Å². The maximum absolute atomic E-state index is 12.4. The summed E-state index contributed by atoms with van der Waals surface area (Å²) in [5, 5.41) is 0.278. The van der Waals surface area contributed by atoms with E-state index in [1.807, 2.05) is 0 Å². The smallest absolute Gasteiger partial charge is 0.342 e. The van der Waals surface area contributed by atoms with Crippen LogP contribution < -0.4 is 13.7 Å². The van der Waals surface area contributed by atoms with Crippen molar-refractivity contribution in [2.45, 2.75) is 11.8 Å². The lowest BCUT2D eigenvalue weighted by atomic mass is 10.3. The number of benzene rings is 2. The molecule has 0 aliphatic carbocycles. The molecule has 2 aromatic rings. The van der Waals surface area contributed by atoms with Gasteiger partial charge in [-0.3, -0.25) is 0 Å². The van der Waals surface area contributed by atoms with Crippen molar-refractivity contribution in [3.05, 3.63) is 47.5 Å². The van der Waals surface area contributed by atoms with Crippen LogP contribution in [0.3, 0.4) is 0 Å². The standard InChI is InChI=1S/C15H15ClO5S/c1-3-20-14-9-4-11(16)10-15(14)22(17,18)21-13-7-5-12(19-2)6-8-13/h4-10H,3H2,1-2H3. The molecule has 0 aliphatic heterocycles. The highest BCUT2D eigenvalue weighted by molar-refractivity contribution is 7.87. The van der Waals surface area contributed by atoms with Crippen LogP contribution in [0.2, 0.25) is 5.02 Å². The Labute approximate surface area is 134 Å². The fourth-order valence-electron chi connectivity index (χ4n) is 1.75. The average molecular weight is 343 g/mol. The van der Waals surface area contributed by atoms with Crippen molar-refractivity contribution in [2.75, 3.05) is 13.7 Å². The second-order valence-corrected chi connectivity index (χ2v) is 6.19. The molecule has 0 fully saturated rings. The van der Waals surface area contributed by atoms with Crippen molar-refractivity contribution in [2.24, 2.45) is 0 Å². The maximum atomic E-state index is 12.4. The monoisotopic (exact) mass is 342 g/mol. The van der Waals surface area contributed by atoms with E-state index in [1.165, 1.54) is 31.4 Å². The van der Waals surface area contributed by atoms with Gasteiger partial charge in [0.15, 0.2) is 0 Å². The highest BCUT2D eigenvalue weighted by Crippen LogP contribution is 2.30. The SMILES string of the molecule is CCOc1ccc(Cl)cc1S(=O)(=O)Oc1ccc(OC)cc1. The first-order valence-electron chi connectivity index (χ1n) is 6.47. The Kier molecular flexibility index (Phi) is 5.15. The molecule has 0 aliphatic rings. The lowest BCUT2D eigenvalue weighted by molar-refractivity contribution is 0.329. The minimum Gasteiger partial charge on any atom is -0.497 e. The van der Waals surface area contributed by atoms with Crippen LogP contribution in [-0.2, 0) is 10.1 Å². The number of methoxy groups -OCH3 is 1. The lowest BCUT2D eigenvalue weighted by Gasteiger charge is -2.12. The van der Waals surface area contributed by atoms with Crippen molar-refractivity contribution in [1.82, 2.24) is 0 Å². The van der Waals surface area contributed by atoms with Crippen LogP contribution in [0.5, 0.6) is 17.2 Å². The first kappa shape index (κ1) is 16.5. The zero-order valence-electron chi connectivity index (χ0n) is 12.1. The second-order valence-electron chi connectivity index (χ2n) is 4.24. The first-order valence-corrected chi connectivity index (χ1v) is 8.26. The molecule has 0 saturated carbocycles. The van der Waals surface area contributed by atoms with E-state index >= 15 is 0 Å². The summed E-state index contributed by atoms with van der Waals surface area (Å²) in [5.41, 5.74) is 0. The summed E-state index contributed by atoms with van der Waals surface area (Å²) in [6.07, 6.45) is 0. The molecule has 0 heterocycles. The van der Waals surface area contributed by atoms with Crippen LogP contribution in [-0.4, -0.2) is 22.1 Å². The van der Waals surface area contributed by atoms with Crippen LogP contribution in [0.4, 0.5) is 0 Å². The van der Waals surface area contributed by atoms with Crippen molar-refractivity contribution < 1.29 is 22.1 Å². The van der Waals surface area contributed by atoms with Gasteiger partial charge in [-0.15, -0.1) is 0 Å². The Morgan fingerprint density at radius 2 is 1.68 bits per heavy atom. The molecule has 2 rings (SSSR count). The summed E-state index contributed by atoms with van der Waals surface area (Å²) >= 11 is 5.87. The van der Waals surface area contributed by atoms with Gasteiger partial charge in [0.25, 0.3) is 0 Å². The third kappa shape index (κ3) is 3.84. The van der Waals surface area contributed by atoms with E-state index in [0.29, 0.717) is 12.4 Å². The van der Waals surface area contributed by atoms with Crippen LogP contribution in [0.15, 0.2) is 47.4 Å². The van der Waals surface area contributed by atoms with Gasteiger partial charge in [0.05, 0.1) is 13.7 Å². The van der Waals surface area contributed by atoms with Crippen LogP contribution in [0.1, 0.15) is 6.92 Å². The molecular formula is C15H15ClO5S. The van der Waals surface area contributed by atoms with Gasteiger partial charge in [-0.2, -0.15) is 8.42 Å². The van der Waals surface area contributed by atoms with E-state index in [9.17, 15) is 8.42 Å². The van der Waals surface area contributed by atoms with E-state index < -0.39 is 10.1 Å². The quantitative estimate of drug-likeness (QED) is 0.752. The molecule has 0 atom stereocenters. The summed E-state index contributed by atoms with van der Waals surface area (Å²) in [7, 11) is -2.54. The van der Waals surface area contributed by atoms with Crippen LogP contribution in [0, 0.1) is 0 Å². The molecule has 118 valence electrons. The van der Waals surface area contributed by atoms with Gasteiger partial charge in [-0.05, 0) is 49.4 Å². The average Bonchev–Trinajstić information content (AvgIpc) is 2.49. The third-order valence-electron chi connectivity index (χ3n) is 2.74. The van der Waals surface area contributed by atoms with Crippen molar-refractivity contribution in [3.63, 3.8) is 0 Å². The number of ether oxygens (including phenoxy) is 2. The largest absolute Gasteiger partial charge is 0.497 e. The molecular weight excluding hydrogens is 328 g/mol. The van der Waals surface area contributed by atoms with Gasteiger partial charge in [0.1, 0.15) is 22.1 Å². The van der Waals surface area contributed by atoms with E-state index in [2.05, 4.69) is 0 Å². The lowest BCUT2D eigenvalue weighted by Crippen LogP contribution is -2.11. The topological polar surface area (TPSA) is 61.8 Å². The predicted octanol–water partition coefficient (Wildman–Crippen LogP) is 3.52. The highest BCUT2D eigenvalue weighted by atomic mass is 35.5. The minimum atomic E-state index is -4.06. The Bertz CT molecular complexity index is 741. The summed E-state index contributed by atoms with van der Waals surface area (Å²) in [6.45, 7) is 2.09. The van der Waals surface area contributed by atoms with Gasteiger partial charge in [-0.25, -0.2) is 0 Å². The molecule has 0 unspecified atom stereocenters. The maximum Gasteiger partial charge on any atom is 0.342 e. The molecule has 7 heteroatoms. The number of halogens is 1. The van der Waals surface area contributed by atoms with Crippen molar-refractivity contribution >= 4 is 21.7 Å². The molecule has 0 spiro atoms. The summed E-state index contributed by atoms with van der Waals surface area (Å²) < 4.78 is 40.3. The fourth-order valence-corrected chi connectivity index (χ4v) is 3.09. The van der Waals surface area contributed by atoms with E-state index in [0.717, 1.165) is 0 Å². The molecule has 0 saturated heterocycles. The molecule has 0 aromatic heterocycles. The summed E-state index contributed by atoms with van der Waals surface area (Å²) in [4.78, 5) is -0.113. The molecule has 5 nitrogen and oxygen atoms in total. The Hall–Kier alpha value is -1.92. The Morgan fingerprint density at radius 3 is 2.27 bits per heavy atom. The number of rotatable bonds is 6. The summed E-state index contributed by atoms with van der Waals surface area (Å²) in [6, 6.07) is 10.6. The zero-order chi connectivity index (χ0) is 16.2. The third-order valence-corrected chi connectivity index (χ3v) is 4.24. The zero-order valence-corrected chi connectivity index (χ0v) is 13.6. The highest BCUT2D eigenvalue weighted by Gasteiger charge is 2.22. The number of hydrogen-bond donors (Lipinski definition) is 0. The first-order chi connectivity index (χ1) is 10.5.